The van der Waals surface area contributed by atoms with Gasteiger partial charge in [-0.3, -0.25) is 19.2 Å². The summed E-state index contributed by atoms with van der Waals surface area (Å²) in [5.74, 6) is -7.58. The van der Waals surface area contributed by atoms with Crippen LogP contribution in [0.4, 0.5) is 0 Å². The maximum Gasteiger partial charge on any atom is 0.317 e. The monoisotopic (exact) mass is 398 g/mol. The topological polar surface area (TPSA) is 199 Å². The first-order valence-corrected chi connectivity index (χ1v) is 8.17. The Morgan fingerprint density at radius 3 is 1.19 bits per heavy atom. The number of carboxylic acids is 4. The summed E-state index contributed by atoms with van der Waals surface area (Å²) in [6.07, 6.45) is -0.353. The third kappa shape index (κ3) is 18.4. The molecule has 0 fully saturated rings. The molecule has 11 heteroatoms. The summed E-state index contributed by atoms with van der Waals surface area (Å²) in [5.41, 5.74) is 0. The lowest BCUT2D eigenvalue weighted by Gasteiger charge is -2.10. The average Bonchev–Trinajstić information content (AvgIpc) is 2.53. The Morgan fingerprint density at radius 2 is 1.07 bits per heavy atom. The lowest BCUT2D eigenvalue weighted by Crippen LogP contribution is -2.22. The minimum absolute atomic E-state index is 0.00667. The Hall–Kier alpha value is -2.24. The molecule has 0 aliphatic heterocycles. The van der Waals surface area contributed by atoms with Crippen molar-refractivity contribution in [3.05, 3.63) is 0 Å². The molecule has 0 bridgehead atoms. The van der Waals surface area contributed by atoms with Gasteiger partial charge in [-0.05, 0) is 26.7 Å². The van der Waals surface area contributed by atoms with E-state index in [0.29, 0.717) is 6.61 Å². The number of aliphatic carboxylic acids is 4. The van der Waals surface area contributed by atoms with Crippen LogP contribution < -0.4 is 0 Å². The standard InChI is InChI=1S/C6H14O3.2C5H8O4/c1-5(8)4-9-6(2)3-7;2*1-2-3(4(6)7)5(8)9/h5-8H,3-4H2,1-2H3;2*3H,2H2,1H3,(H,6,7)(H,8,9). The van der Waals surface area contributed by atoms with Crippen LogP contribution in [0.1, 0.15) is 40.5 Å². The maximum atomic E-state index is 9.99. The second-order valence-electron chi connectivity index (χ2n) is 5.45. The molecule has 0 aromatic rings. The Balaban J connectivity index is -0.000000320. The normalized spacial score (nSPS) is 12.1. The molecule has 160 valence electrons. The molecule has 0 aromatic carbocycles. The van der Waals surface area contributed by atoms with Gasteiger partial charge < -0.3 is 35.4 Å². The van der Waals surface area contributed by atoms with E-state index in [9.17, 15) is 19.2 Å². The molecule has 0 radical (unpaired) electrons. The highest BCUT2D eigenvalue weighted by atomic mass is 16.5. The molecule has 0 rings (SSSR count). The number of carbonyl (C=O) groups is 4. The van der Waals surface area contributed by atoms with E-state index in [1.807, 2.05) is 0 Å². The van der Waals surface area contributed by atoms with Crippen LogP contribution in [0.2, 0.25) is 0 Å². The van der Waals surface area contributed by atoms with Crippen LogP contribution in [0, 0.1) is 11.8 Å². The SMILES string of the molecule is CC(O)COC(C)CO.CCC(C(=O)O)C(=O)O.CCC(C(=O)O)C(=O)O. The van der Waals surface area contributed by atoms with Gasteiger partial charge in [0.15, 0.2) is 11.8 Å². The zero-order valence-electron chi connectivity index (χ0n) is 15.9. The number of hydrogen-bond acceptors (Lipinski definition) is 7. The first-order chi connectivity index (χ1) is 12.3. The Labute approximate surface area is 157 Å². The summed E-state index contributed by atoms with van der Waals surface area (Å²) >= 11 is 0. The van der Waals surface area contributed by atoms with Crippen molar-refractivity contribution in [1.82, 2.24) is 0 Å². The quantitative estimate of drug-likeness (QED) is 0.273. The number of carboxylic acid groups (broad SMARTS) is 4. The van der Waals surface area contributed by atoms with E-state index in [1.165, 1.54) is 13.8 Å². The average molecular weight is 398 g/mol. The molecule has 0 amide bonds. The molecule has 0 heterocycles. The van der Waals surface area contributed by atoms with Crippen molar-refractivity contribution in [3.63, 3.8) is 0 Å². The van der Waals surface area contributed by atoms with Crippen LogP contribution in [-0.2, 0) is 23.9 Å². The van der Waals surface area contributed by atoms with Gasteiger partial charge in [0, 0.05) is 0 Å². The molecule has 0 aliphatic carbocycles. The van der Waals surface area contributed by atoms with Gasteiger partial charge in [-0.2, -0.15) is 0 Å². The molecule has 2 unspecified atom stereocenters. The molecule has 6 N–H and O–H groups in total. The number of hydrogen-bond donors (Lipinski definition) is 6. The van der Waals surface area contributed by atoms with Crippen LogP contribution in [0.25, 0.3) is 0 Å². The summed E-state index contributed by atoms with van der Waals surface area (Å²) in [6.45, 7) is 6.74. The number of rotatable bonds is 10. The van der Waals surface area contributed by atoms with Crippen molar-refractivity contribution >= 4 is 23.9 Å². The summed E-state index contributed by atoms with van der Waals surface area (Å²) in [4.78, 5) is 40.0. The van der Waals surface area contributed by atoms with E-state index in [1.54, 1.807) is 13.8 Å². The van der Waals surface area contributed by atoms with E-state index in [-0.39, 0.29) is 25.6 Å². The third-order valence-electron chi connectivity index (χ3n) is 2.89. The Kier molecular flexibility index (Phi) is 18.8. The number of ether oxygens (including phenoxy) is 1. The largest absolute Gasteiger partial charge is 0.481 e. The van der Waals surface area contributed by atoms with Gasteiger partial charge >= 0.3 is 23.9 Å². The summed E-state index contributed by atoms with van der Waals surface area (Å²) < 4.78 is 4.95. The molecular formula is C16H30O11. The first kappa shape index (κ1) is 29.5. The van der Waals surface area contributed by atoms with Crippen LogP contribution >= 0.6 is 0 Å². The minimum atomic E-state index is -1.27. The molecule has 11 nitrogen and oxygen atoms in total. The first-order valence-electron chi connectivity index (χ1n) is 8.17. The van der Waals surface area contributed by atoms with Crippen molar-refractivity contribution in [2.75, 3.05) is 13.2 Å². The van der Waals surface area contributed by atoms with Gasteiger partial charge in [0.2, 0.25) is 0 Å². The molecular weight excluding hydrogens is 368 g/mol. The zero-order chi connectivity index (χ0) is 22.2. The van der Waals surface area contributed by atoms with E-state index < -0.39 is 41.8 Å². The highest BCUT2D eigenvalue weighted by Gasteiger charge is 2.23. The third-order valence-corrected chi connectivity index (χ3v) is 2.89. The fourth-order valence-electron chi connectivity index (χ4n) is 1.27. The van der Waals surface area contributed by atoms with Crippen molar-refractivity contribution in [2.45, 2.75) is 52.7 Å². The smallest absolute Gasteiger partial charge is 0.317 e. The zero-order valence-corrected chi connectivity index (χ0v) is 15.9. The lowest BCUT2D eigenvalue weighted by atomic mass is 10.1. The Bertz CT molecular complexity index is 388. The van der Waals surface area contributed by atoms with Crippen molar-refractivity contribution < 1.29 is 54.6 Å². The fourth-order valence-corrected chi connectivity index (χ4v) is 1.27. The summed E-state index contributed by atoms with van der Waals surface area (Å²) in [7, 11) is 0. The van der Waals surface area contributed by atoms with Crippen LogP contribution in [-0.4, -0.2) is 79.9 Å². The number of aliphatic hydroxyl groups excluding tert-OH is 2. The minimum Gasteiger partial charge on any atom is -0.481 e. The second kappa shape index (κ2) is 17.2. The van der Waals surface area contributed by atoms with Gasteiger partial charge in [0.05, 0.1) is 25.4 Å². The molecule has 0 aromatic heterocycles. The lowest BCUT2D eigenvalue weighted by molar-refractivity contribution is -0.156. The predicted molar refractivity (Wildman–Crippen MR) is 92.3 cm³/mol. The summed E-state index contributed by atoms with van der Waals surface area (Å²) in [6, 6.07) is 0. The van der Waals surface area contributed by atoms with Crippen molar-refractivity contribution in [2.24, 2.45) is 11.8 Å². The maximum absolute atomic E-state index is 9.99. The highest BCUT2D eigenvalue weighted by Crippen LogP contribution is 2.01. The summed E-state index contributed by atoms with van der Waals surface area (Å²) in [5, 5.41) is 49.8. The van der Waals surface area contributed by atoms with E-state index in [2.05, 4.69) is 0 Å². The van der Waals surface area contributed by atoms with Crippen LogP contribution in [0.3, 0.4) is 0 Å². The van der Waals surface area contributed by atoms with Crippen molar-refractivity contribution in [1.29, 1.82) is 0 Å². The van der Waals surface area contributed by atoms with Gasteiger partial charge in [-0.25, -0.2) is 0 Å². The number of aliphatic hydroxyl groups is 2. The van der Waals surface area contributed by atoms with Crippen molar-refractivity contribution in [3.8, 4) is 0 Å². The van der Waals surface area contributed by atoms with Gasteiger partial charge in [-0.15, -0.1) is 0 Å². The van der Waals surface area contributed by atoms with Gasteiger partial charge in [0.25, 0.3) is 0 Å². The van der Waals surface area contributed by atoms with Crippen LogP contribution in [0.15, 0.2) is 0 Å². The predicted octanol–water partition coefficient (Wildman–Crippen LogP) is 0.128. The van der Waals surface area contributed by atoms with E-state index in [0.717, 1.165) is 0 Å². The molecule has 0 saturated heterocycles. The van der Waals surface area contributed by atoms with Crippen LogP contribution in [0.5, 0.6) is 0 Å². The van der Waals surface area contributed by atoms with E-state index in [4.69, 9.17) is 35.4 Å². The van der Waals surface area contributed by atoms with Gasteiger partial charge in [-0.1, -0.05) is 13.8 Å². The molecule has 0 spiro atoms. The molecule has 27 heavy (non-hydrogen) atoms. The molecule has 2 atom stereocenters. The van der Waals surface area contributed by atoms with Gasteiger partial charge in [0.1, 0.15) is 0 Å². The van der Waals surface area contributed by atoms with E-state index >= 15 is 0 Å². The Morgan fingerprint density at radius 1 is 0.778 bits per heavy atom. The second-order valence-corrected chi connectivity index (χ2v) is 5.45. The molecule has 0 aliphatic rings. The molecule has 0 saturated carbocycles. The fraction of sp³-hybridized carbons (Fsp3) is 0.750. The highest BCUT2D eigenvalue weighted by molar-refractivity contribution is 5.93.